The highest BCUT2D eigenvalue weighted by Gasteiger charge is 2.29. The number of anilines is 1. The Balaban J connectivity index is 0.00000338. The van der Waals surface area contributed by atoms with Gasteiger partial charge in [-0.1, -0.05) is 6.07 Å². The van der Waals surface area contributed by atoms with E-state index in [1.165, 1.54) is 12.1 Å². The van der Waals surface area contributed by atoms with Crippen molar-refractivity contribution in [3.8, 4) is 17.0 Å². The lowest BCUT2D eigenvalue weighted by Crippen LogP contribution is -2.24. The first kappa shape index (κ1) is 21.7. The van der Waals surface area contributed by atoms with Crippen LogP contribution in [0.4, 0.5) is 18.9 Å². The molecule has 1 aromatic carbocycles. The van der Waals surface area contributed by atoms with E-state index in [0.717, 1.165) is 0 Å². The molecule has 1 aromatic heterocycles. The van der Waals surface area contributed by atoms with Gasteiger partial charge in [-0.3, -0.25) is 9.78 Å². The third-order valence-corrected chi connectivity index (χ3v) is 3.11. The van der Waals surface area contributed by atoms with Gasteiger partial charge in [0.2, 0.25) is 5.91 Å². The summed E-state index contributed by atoms with van der Waals surface area (Å²) in [6, 6.07) is 9.37. The van der Waals surface area contributed by atoms with Crippen molar-refractivity contribution in [3.05, 3.63) is 42.6 Å². The molecule has 2 rings (SSSR count). The largest absolute Gasteiger partial charge is 0.482 e. The summed E-state index contributed by atoms with van der Waals surface area (Å²) >= 11 is 0. The molecule has 1 unspecified atom stereocenters. The van der Waals surface area contributed by atoms with Crippen LogP contribution in [-0.2, 0) is 4.79 Å². The van der Waals surface area contributed by atoms with Crippen molar-refractivity contribution in [1.82, 2.24) is 4.98 Å². The zero-order valence-corrected chi connectivity index (χ0v) is 14.7. The van der Waals surface area contributed by atoms with Crippen molar-refractivity contribution in [2.24, 2.45) is 5.73 Å². The van der Waals surface area contributed by atoms with Gasteiger partial charge in [-0.25, -0.2) is 0 Å². The van der Waals surface area contributed by atoms with Crippen LogP contribution in [-0.4, -0.2) is 29.7 Å². The quantitative estimate of drug-likeness (QED) is 0.788. The van der Waals surface area contributed by atoms with Crippen molar-refractivity contribution < 1.29 is 22.7 Å². The highest BCUT2D eigenvalue weighted by molar-refractivity contribution is 5.93. The topological polar surface area (TPSA) is 77.2 Å². The molecule has 0 radical (unpaired) electrons. The van der Waals surface area contributed by atoms with Crippen molar-refractivity contribution in [1.29, 1.82) is 0 Å². The fourth-order valence-corrected chi connectivity index (χ4v) is 2.10. The van der Waals surface area contributed by atoms with Gasteiger partial charge in [0.1, 0.15) is 5.75 Å². The Kier molecular flexibility index (Phi) is 7.85. The second-order valence-corrected chi connectivity index (χ2v) is 5.56. The van der Waals surface area contributed by atoms with Crippen LogP contribution in [0.1, 0.15) is 13.3 Å². The first-order chi connectivity index (χ1) is 11.7. The molecule has 1 amide bonds. The summed E-state index contributed by atoms with van der Waals surface area (Å²) in [7, 11) is 0. The van der Waals surface area contributed by atoms with Gasteiger partial charge in [0.15, 0.2) is 6.61 Å². The number of alkyl halides is 3. The molecule has 0 aliphatic carbocycles. The van der Waals surface area contributed by atoms with E-state index >= 15 is 0 Å². The number of pyridine rings is 1. The summed E-state index contributed by atoms with van der Waals surface area (Å²) in [4.78, 5) is 16.1. The number of benzene rings is 1. The average Bonchev–Trinajstić information content (AvgIpc) is 2.53. The van der Waals surface area contributed by atoms with E-state index < -0.39 is 18.7 Å². The van der Waals surface area contributed by atoms with E-state index in [4.69, 9.17) is 10.5 Å². The summed E-state index contributed by atoms with van der Waals surface area (Å²) < 4.78 is 42.0. The van der Waals surface area contributed by atoms with E-state index in [1.54, 1.807) is 37.4 Å². The van der Waals surface area contributed by atoms with Gasteiger partial charge in [-0.05, 0) is 37.3 Å². The van der Waals surface area contributed by atoms with Crippen LogP contribution in [0.3, 0.4) is 0 Å². The number of ether oxygens (including phenoxy) is 1. The van der Waals surface area contributed by atoms with Crippen molar-refractivity contribution in [2.45, 2.75) is 25.6 Å². The maximum atomic E-state index is 12.4. The molecule has 0 saturated heterocycles. The maximum Gasteiger partial charge on any atom is 0.422 e. The number of nitrogens with one attached hydrogen (secondary N) is 1. The SMILES string of the molecule is CC(N)CC(=O)Nc1cc(-c2ccccn2)ccc1OCC(F)(F)F.Cl. The molecule has 9 heteroatoms. The monoisotopic (exact) mass is 389 g/mol. The number of nitrogens with zero attached hydrogens (tertiary/aromatic N) is 1. The van der Waals surface area contributed by atoms with Gasteiger partial charge in [0.05, 0.1) is 11.4 Å². The number of carbonyl (C=O) groups is 1. The number of carbonyl (C=O) groups excluding carboxylic acids is 1. The predicted octanol–water partition coefficient (Wildman–Crippen LogP) is 3.79. The highest BCUT2D eigenvalue weighted by atomic mass is 35.5. The number of aromatic nitrogens is 1. The first-order valence-electron chi connectivity index (χ1n) is 7.55. The molecule has 1 atom stereocenters. The Labute approximate surface area is 155 Å². The first-order valence-corrected chi connectivity index (χ1v) is 7.55. The molecule has 26 heavy (non-hydrogen) atoms. The third-order valence-electron chi connectivity index (χ3n) is 3.11. The van der Waals surface area contributed by atoms with Crippen LogP contribution in [0.25, 0.3) is 11.3 Å². The van der Waals surface area contributed by atoms with Gasteiger partial charge in [-0.15, -0.1) is 12.4 Å². The lowest BCUT2D eigenvalue weighted by molar-refractivity contribution is -0.153. The average molecular weight is 390 g/mol. The van der Waals surface area contributed by atoms with E-state index in [2.05, 4.69) is 10.3 Å². The molecule has 0 spiro atoms. The van der Waals surface area contributed by atoms with Gasteiger partial charge in [-0.2, -0.15) is 13.2 Å². The van der Waals surface area contributed by atoms with Gasteiger partial charge in [0, 0.05) is 24.2 Å². The van der Waals surface area contributed by atoms with Crippen LogP contribution in [0.15, 0.2) is 42.6 Å². The minimum absolute atomic E-state index is 0. The van der Waals surface area contributed by atoms with Gasteiger partial charge in [0.25, 0.3) is 0 Å². The van der Waals surface area contributed by atoms with Crippen molar-refractivity contribution in [2.75, 3.05) is 11.9 Å². The highest BCUT2D eigenvalue weighted by Crippen LogP contribution is 2.31. The molecule has 0 saturated carbocycles. The lowest BCUT2D eigenvalue weighted by Gasteiger charge is -2.15. The summed E-state index contributed by atoms with van der Waals surface area (Å²) in [6.07, 6.45) is -2.85. The molecule has 1 heterocycles. The number of nitrogens with two attached hydrogens (primary N) is 1. The molecule has 0 fully saturated rings. The Hall–Kier alpha value is -2.32. The fourth-order valence-electron chi connectivity index (χ4n) is 2.10. The molecular formula is C17H19ClF3N3O2. The Morgan fingerprint density at radius 2 is 2.04 bits per heavy atom. The summed E-state index contributed by atoms with van der Waals surface area (Å²) in [5.74, 6) is -0.486. The lowest BCUT2D eigenvalue weighted by atomic mass is 10.1. The maximum absolute atomic E-state index is 12.4. The number of hydrogen-bond donors (Lipinski definition) is 2. The van der Waals surface area contributed by atoms with E-state index in [9.17, 15) is 18.0 Å². The van der Waals surface area contributed by atoms with E-state index in [-0.39, 0.29) is 36.3 Å². The molecule has 0 bridgehead atoms. The summed E-state index contributed by atoms with van der Waals surface area (Å²) in [6.45, 7) is 0.205. The van der Waals surface area contributed by atoms with Crippen LogP contribution in [0.5, 0.6) is 5.75 Å². The van der Waals surface area contributed by atoms with Crippen LogP contribution >= 0.6 is 12.4 Å². The van der Waals surface area contributed by atoms with Gasteiger partial charge >= 0.3 is 6.18 Å². The number of amides is 1. The molecular weight excluding hydrogens is 371 g/mol. The zero-order chi connectivity index (χ0) is 18.4. The molecule has 3 N–H and O–H groups in total. The third kappa shape index (κ3) is 6.89. The van der Waals surface area contributed by atoms with Crippen LogP contribution in [0, 0.1) is 0 Å². The van der Waals surface area contributed by atoms with Crippen LogP contribution in [0.2, 0.25) is 0 Å². The standard InChI is InChI=1S/C17H18F3N3O2.ClH/c1-11(21)8-16(24)23-14-9-12(13-4-2-3-7-22-13)5-6-15(14)25-10-17(18,19)20;/h2-7,9,11H,8,10,21H2,1H3,(H,23,24);1H. The normalized spacial score (nSPS) is 12.0. The molecule has 0 aliphatic heterocycles. The molecule has 142 valence electrons. The Bertz CT molecular complexity index is 725. The minimum atomic E-state index is -4.48. The number of rotatable bonds is 6. The van der Waals surface area contributed by atoms with Crippen LogP contribution < -0.4 is 15.8 Å². The number of hydrogen-bond acceptors (Lipinski definition) is 4. The molecule has 5 nitrogen and oxygen atoms in total. The second kappa shape index (κ2) is 9.40. The minimum Gasteiger partial charge on any atom is -0.482 e. The number of halogens is 4. The van der Waals surface area contributed by atoms with Crippen molar-refractivity contribution >= 4 is 24.0 Å². The van der Waals surface area contributed by atoms with E-state index in [0.29, 0.717) is 11.3 Å². The smallest absolute Gasteiger partial charge is 0.422 e. The fraction of sp³-hybridized carbons (Fsp3) is 0.294. The predicted molar refractivity (Wildman–Crippen MR) is 95.4 cm³/mol. The van der Waals surface area contributed by atoms with Crippen molar-refractivity contribution in [3.63, 3.8) is 0 Å². The Morgan fingerprint density at radius 3 is 2.62 bits per heavy atom. The molecule has 0 aliphatic rings. The zero-order valence-electron chi connectivity index (χ0n) is 13.9. The Morgan fingerprint density at radius 1 is 1.31 bits per heavy atom. The summed E-state index contributed by atoms with van der Waals surface area (Å²) in [5, 5.41) is 2.55. The summed E-state index contributed by atoms with van der Waals surface area (Å²) in [5.41, 5.74) is 6.96. The molecule has 2 aromatic rings. The second-order valence-electron chi connectivity index (χ2n) is 5.56. The van der Waals surface area contributed by atoms with E-state index in [1.807, 2.05) is 0 Å². The van der Waals surface area contributed by atoms with Gasteiger partial charge < -0.3 is 15.8 Å².